The zero-order chi connectivity index (χ0) is 20.5. The predicted molar refractivity (Wildman–Crippen MR) is 132 cm³/mol. The topological polar surface area (TPSA) is 74.8 Å². The highest BCUT2D eigenvalue weighted by Crippen LogP contribution is 2.47. The number of nitrogens with one attached hydrogen (secondary N) is 3. The lowest BCUT2D eigenvalue weighted by Gasteiger charge is -2.19. The van der Waals surface area contributed by atoms with Gasteiger partial charge in [0.15, 0.2) is 12.6 Å². The molecule has 1 fully saturated rings. The number of amides is 1. The fourth-order valence-electron chi connectivity index (χ4n) is 3.31. The molecule has 3 rings (SSSR count). The molecule has 1 saturated carbocycles. The van der Waals surface area contributed by atoms with Crippen LogP contribution in [0.25, 0.3) is 0 Å². The monoisotopic (exact) mass is 522 g/mol. The van der Waals surface area contributed by atoms with Crippen molar-refractivity contribution in [1.29, 1.82) is 0 Å². The van der Waals surface area contributed by atoms with Gasteiger partial charge < -0.3 is 20.7 Å². The SMILES string of the molecule is CCNC(=O)COc1cccc(CNC(=NC)NCC2(c3ccccc3)CC2)c1.I. The van der Waals surface area contributed by atoms with E-state index in [4.69, 9.17) is 4.74 Å². The number of aliphatic imine (C=N–C) groups is 1. The Bertz CT molecular complexity index is 838. The largest absolute Gasteiger partial charge is 0.484 e. The fraction of sp³-hybridized carbons (Fsp3) is 0.391. The lowest BCUT2D eigenvalue weighted by molar-refractivity contribution is -0.122. The summed E-state index contributed by atoms with van der Waals surface area (Å²) >= 11 is 0. The van der Waals surface area contributed by atoms with E-state index in [9.17, 15) is 4.79 Å². The van der Waals surface area contributed by atoms with Crippen LogP contribution >= 0.6 is 24.0 Å². The number of benzene rings is 2. The zero-order valence-corrected chi connectivity index (χ0v) is 19.9. The first-order valence-corrected chi connectivity index (χ1v) is 10.1. The van der Waals surface area contributed by atoms with E-state index in [-0.39, 0.29) is 41.9 Å². The van der Waals surface area contributed by atoms with E-state index in [2.05, 4.69) is 51.3 Å². The Kier molecular flexibility index (Phi) is 9.42. The average Bonchev–Trinajstić information content (AvgIpc) is 3.55. The molecule has 1 aliphatic carbocycles. The number of rotatable bonds is 9. The van der Waals surface area contributed by atoms with Gasteiger partial charge in [0.05, 0.1) is 0 Å². The van der Waals surface area contributed by atoms with Crippen LogP contribution in [-0.2, 0) is 16.8 Å². The minimum atomic E-state index is -0.118. The lowest BCUT2D eigenvalue weighted by atomic mass is 9.96. The summed E-state index contributed by atoms with van der Waals surface area (Å²) in [6.07, 6.45) is 2.40. The number of nitrogens with zero attached hydrogens (tertiary/aromatic N) is 1. The van der Waals surface area contributed by atoms with Gasteiger partial charge in [-0.1, -0.05) is 42.5 Å². The quantitative estimate of drug-likeness (QED) is 0.269. The smallest absolute Gasteiger partial charge is 0.257 e. The first kappa shape index (κ1) is 24.0. The second-order valence-corrected chi connectivity index (χ2v) is 7.32. The normalized spacial score (nSPS) is 14.3. The Morgan fingerprint density at radius 1 is 1.07 bits per heavy atom. The number of carbonyl (C=O) groups excluding carboxylic acids is 1. The standard InChI is InChI=1S/C23H30N4O2.HI/c1-3-25-21(28)16-29-20-11-7-8-18(14-20)15-26-22(24-2)27-17-23(12-13-23)19-9-5-4-6-10-19;/h4-11,14H,3,12-13,15-17H2,1-2H3,(H,25,28)(H2,24,26,27);1H. The van der Waals surface area contributed by atoms with Crippen molar-refractivity contribution in [2.75, 3.05) is 26.7 Å². The van der Waals surface area contributed by atoms with Crippen LogP contribution in [0.1, 0.15) is 30.9 Å². The van der Waals surface area contributed by atoms with Gasteiger partial charge in [0, 0.05) is 32.1 Å². The third-order valence-electron chi connectivity index (χ3n) is 5.16. The molecule has 2 aromatic rings. The Morgan fingerprint density at radius 3 is 2.50 bits per heavy atom. The number of halogens is 1. The number of guanidine groups is 1. The number of hydrogen-bond acceptors (Lipinski definition) is 3. The van der Waals surface area contributed by atoms with Crippen molar-refractivity contribution in [3.05, 3.63) is 65.7 Å². The maximum Gasteiger partial charge on any atom is 0.257 e. The van der Waals surface area contributed by atoms with E-state index in [0.29, 0.717) is 18.8 Å². The molecule has 0 saturated heterocycles. The molecule has 2 aromatic carbocycles. The zero-order valence-electron chi connectivity index (χ0n) is 17.6. The highest BCUT2D eigenvalue weighted by atomic mass is 127. The molecule has 1 aliphatic rings. The van der Waals surface area contributed by atoms with E-state index < -0.39 is 0 Å². The van der Waals surface area contributed by atoms with Crippen LogP contribution in [0.3, 0.4) is 0 Å². The number of likely N-dealkylation sites (N-methyl/N-ethyl adjacent to an activating group) is 1. The molecular weight excluding hydrogens is 491 g/mol. The molecular formula is C23H31IN4O2. The Balaban J connectivity index is 0.00000320. The molecule has 0 bridgehead atoms. The second kappa shape index (κ2) is 11.8. The number of hydrogen-bond donors (Lipinski definition) is 3. The van der Waals surface area contributed by atoms with Gasteiger partial charge in [0.25, 0.3) is 5.91 Å². The molecule has 0 radical (unpaired) electrons. The van der Waals surface area contributed by atoms with Crippen LogP contribution in [0.15, 0.2) is 59.6 Å². The van der Waals surface area contributed by atoms with Crippen molar-refractivity contribution in [2.24, 2.45) is 4.99 Å². The van der Waals surface area contributed by atoms with Gasteiger partial charge in [0.2, 0.25) is 0 Å². The highest BCUT2D eigenvalue weighted by molar-refractivity contribution is 14.0. The molecule has 6 nitrogen and oxygen atoms in total. The average molecular weight is 522 g/mol. The van der Waals surface area contributed by atoms with Crippen molar-refractivity contribution < 1.29 is 9.53 Å². The summed E-state index contributed by atoms with van der Waals surface area (Å²) in [6.45, 7) is 4.00. The number of ether oxygens (including phenoxy) is 1. The van der Waals surface area contributed by atoms with E-state index in [1.54, 1.807) is 7.05 Å². The molecule has 0 atom stereocenters. The predicted octanol–water partition coefficient (Wildman–Crippen LogP) is 3.22. The summed E-state index contributed by atoms with van der Waals surface area (Å²) in [7, 11) is 1.78. The molecule has 3 N–H and O–H groups in total. The molecule has 7 heteroatoms. The van der Waals surface area contributed by atoms with Gasteiger partial charge in [-0.3, -0.25) is 9.79 Å². The van der Waals surface area contributed by atoms with Gasteiger partial charge in [-0.25, -0.2) is 0 Å². The van der Waals surface area contributed by atoms with Crippen molar-refractivity contribution in [3.63, 3.8) is 0 Å². The summed E-state index contributed by atoms with van der Waals surface area (Å²) < 4.78 is 5.56. The minimum absolute atomic E-state index is 0. The third kappa shape index (κ3) is 6.90. The maximum atomic E-state index is 11.5. The van der Waals surface area contributed by atoms with Crippen LogP contribution in [0.4, 0.5) is 0 Å². The van der Waals surface area contributed by atoms with Crippen molar-refractivity contribution in [1.82, 2.24) is 16.0 Å². The second-order valence-electron chi connectivity index (χ2n) is 7.32. The van der Waals surface area contributed by atoms with Crippen LogP contribution < -0.4 is 20.7 Å². The van der Waals surface area contributed by atoms with Crippen LogP contribution in [-0.4, -0.2) is 38.6 Å². The van der Waals surface area contributed by atoms with Gasteiger partial charge in [-0.15, -0.1) is 24.0 Å². The molecule has 0 aromatic heterocycles. The van der Waals surface area contributed by atoms with Crippen molar-refractivity contribution >= 4 is 35.8 Å². The molecule has 1 amide bonds. The molecule has 0 spiro atoms. The van der Waals surface area contributed by atoms with Crippen molar-refractivity contribution in [3.8, 4) is 5.75 Å². The molecule has 162 valence electrons. The fourth-order valence-corrected chi connectivity index (χ4v) is 3.31. The van der Waals surface area contributed by atoms with Gasteiger partial charge in [-0.2, -0.15) is 0 Å². The molecule has 30 heavy (non-hydrogen) atoms. The van der Waals surface area contributed by atoms with Gasteiger partial charge >= 0.3 is 0 Å². The molecule has 0 aliphatic heterocycles. The summed E-state index contributed by atoms with van der Waals surface area (Å²) in [5, 5.41) is 9.54. The van der Waals surface area contributed by atoms with Crippen LogP contribution in [0.5, 0.6) is 5.75 Å². The van der Waals surface area contributed by atoms with Crippen molar-refractivity contribution in [2.45, 2.75) is 31.7 Å². The van der Waals surface area contributed by atoms with Gasteiger partial charge in [-0.05, 0) is 43.0 Å². The van der Waals surface area contributed by atoms with Gasteiger partial charge in [0.1, 0.15) is 5.75 Å². The highest BCUT2D eigenvalue weighted by Gasteiger charge is 2.43. The summed E-state index contributed by atoms with van der Waals surface area (Å²) in [6, 6.07) is 18.4. The maximum absolute atomic E-state index is 11.5. The molecule has 0 heterocycles. The first-order chi connectivity index (χ1) is 14.1. The third-order valence-corrected chi connectivity index (χ3v) is 5.16. The van der Waals surface area contributed by atoms with Crippen LogP contribution in [0.2, 0.25) is 0 Å². The Morgan fingerprint density at radius 2 is 1.83 bits per heavy atom. The molecule has 0 unspecified atom stereocenters. The minimum Gasteiger partial charge on any atom is -0.484 e. The van der Waals surface area contributed by atoms with E-state index in [0.717, 1.165) is 18.1 Å². The summed E-state index contributed by atoms with van der Waals surface area (Å²) in [5.41, 5.74) is 2.68. The van der Waals surface area contributed by atoms with E-state index in [1.165, 1.54) is 18.4 Å². The van der Waals surface area contributed by atoms with Crippen LogP contribution in [0, 0.1) is 0 Å². The lowest BCUT2D eigenvalue weighted by Crippen LogP contribution is -2.40. The summed E-state index contributed by atoms with van der Waals surface area (Å²) in [4.78, 5) is 15.9. The van der Waals surface area contributed by atoms with E-state index >= 15 is 0 Å². The number of carbonyl (C=O) groups is 1. The first-order valence-electron chi connectivity index (χ1n) is 10.1. The Labute approximate surface area is 195 Å². The van der Waals surface area contributed by atoms with E-state index in [1.807, 2.05) is 31.2 Å². The Hall–Kier alpha value is -2.29. The summed E-state index contributed by atoms with van der Waals surface area (Å²) in [5.74, 6) is 1.34.